The molecule has 1 unspecified atom stereocenters. The fourth-order valence-corrected chi connectivity index (χ4v) is 3.25. The predicted octanol–water partition coefficient (Wildman–Crippen LogP) is 2.63. The van der Waals surface area contributed by atoms with Gasteiger partial charge in [0.15, 0.2) is 0 Å². The molecule has 0 aliphatic carbocycles. The summed E-state index contributed by atoms with van der Waals surface area (Å²) in [7, 11) is 0. The van der Waals surface area contributed by atoms with Crippen molar-refractivity contribution < 1.29 is 14.8 Å². The number of carbonyl (C=O) groups is 2. The van der Waals surface area contributed by atoms with Crippen molar-refractivity contribution >= 4 is 34.2 Å². The van der Waals surface area contributed by atoms with Crippen molar-refractivity contribution in [3.63, 3.8) is 0 Å². The summed E-state index contributed by atoms with van der Waals surface area (Å²) >= 11 is 0. The van der Waals surface area contributed by atoms with Crippen LogP contribution in [0.2, 0.25) is 0 Å². The number of aromatic nitrogens is 2. The summed E-state index contributed by atoms with van der Waals surface area (Å²) in [6, 6.07) is 11.2. The second kappa shape index (κ2) is 7.05. The molecule has 9 heteroatoms. The first-order chi connectivity index (χ1) is 13.5. The zero-order valence-electron chi connectivity index (χ0n) is 14.9. The standard InChI is InChI=1S/C19H18N6O3/c1-10-16(18(26)22-13-5-6-15-12(8-13)9-20-24-15)17(23-19(27)21-10)11-3-2-4-14(7-11)25-28/h2-9,17,25,28H,1H3,(H,20,24)(H,22,26)(H2,21,23,27). The molecule has 1 aromatic heterocycles. The molecule has 0 radical (unpaired) electrons. The number of nitrogens with one attached hydrogen (secondary N) is 5. The fourth-order valence-electron chi connectivity index (χ4n) is 3.25. The molecule has 0 bridgehead atoms. The van der Waals surface area contributed by atoms with Crippen LogP contribution in [-0.2, 0) is 4.79 Å². The third-order valence-corrected chi connectivity index (χ3v) is 4.56. The molecule has 1 aliphatic heterocycles. The summed E-state index contributed by atoms with van der Waals surface area (Å²) in [6.45, 7) is 1.67. The Balaban J connectivity index is 1.67. The van der Waals surface area contributed by atoms with E-state index in [9.17, 15) is 9.59 Å². The van der Waals surface area contributed by atoms with E-state index in [4.69, 9.17) is 5.21 Å². The molecule has 28 heavy (non-hydrogen) atoms. The smallest absolute Gasteiger partial charge is 0.319 e. The summed E-state index contributed by atoms with van der Waals surface area (Å²) in [5.41, 5.74) is 5.49. The van der Waals surface area contributed by atoms with Crippen molar-refractivity contribution in [2.45, 2.75) is 13.0 Å². The van der Waals surface area contributed by atoms with Gasteiger partial charge in [0.2, 0.25) is 0 Å². The highest BCUT2D eigenvalue weighted by atomic mass is 16.5. The van der Waals surface area contributed by atoms with Crippen molar-refractivity contribution in [3.8, 4) is 0 Å². The van der Waals surface area contributed by atoms with Gasteiger partial charge in [-0.2, -0.15) is 5.10 Å². The van der Waals surface area contributed by atoms with Crippen molar-refractivity contribution in [3.05, 3.63) is 65.5 Å². The average Bonchev–Trinajstić information content (AvgIpc) is 3.15. The van der Waals surface area contributed by atoms with Gasteiger partial charge < -0.3 is 16.0 Å². The molecular weight excluding hydrogens is 360 g/mol. The number of benzene rings is 2. The summed E-state index contributed by atoms with van der Waals surface area (Å²) in [4.78, 5) is 25.0. The van der Waals surface area contributed by atoms with E-state index in [0.29, 0.717) is 28.2 Å². The number of hydrogen-bond donors (Lipinski definition) is 6. The van der Waals surface area contributed by atoms with Gasteiger partial charge in [-0.15, -0.1) is 0 Å². The second-order valence-corrected chi connectivity index (χ2v) is 6.43. The van der Waals surface area contributed by atoms with Crippen LogP contribution in [-0.4, -0.2) is 27.3 Å². The molecule has 0 saturated heterocycles. The van der Waals surface area contributed by atoms with E-state index in [1.54, 1.807) is 43.5 Å². The Hall–Kier alpha value is -3.85. The molecule has 0 saturated carbocycles. The minimum atomic E-state index is -0.667. The second-order valence-electron chi connectivity index (χ2n) is 6.43. The Kier molecular flexibility index (Phi) is 4.42. The third-order valence-electron chi connectivity index (χ3n) is 4.56. The number of nitrogens with zero attached hydrogens (tertiary/aromatic N) is 1. The maximum Gasteiger partial charge on any atom is 0.319 e. The lowest BCUT2D eigenvalue weighted by atomic mass is 9.94. The monoisotopic (exact) mass is 378 g/mol. The molecule has 4 rings (SSSR count). The molecule has 1 aliphatic rings. The van der Waals surface area contributed by atoms with E-state index in [1.165, 1.54) is 0 Å². The summed E-state index contributed by atoms with van der Waals surface area (Å²) in [6.07, 6.45) is 1.67. The number of fused-ring (bicyclic) bond motifs is 1. The topological polar surface area (TPSA) is 131 Å². The van der Waals surface area contributed by atoms with Gasteiger partial charge in [0.1, 0.15) is 0 Å². The summed E-state index contributed by atoms with van der Waals surface area (Å²) in [5, 5.41) is 25.1. The number of hydrogen-bond acceptors (Lipinski definition) is 5. The Morgan fingerprint density at radius 2 is 2.04 bits per heavy atom. The molecule has 0 spiro atoms. The summed E-state index contributed by atoms with van der Waals surface area (Å²) < 4.78 is 0. The number of carbonyl (C=O) groups excluding carboxylic acids is 2. The molecular formula is C19H18N6O3. The van der Waals surface area contributed by atoms with Gasteiger partial charge in [0, 0.05) is 16.8 Å². The number of H-pyrrole nitrogens is 1. The highest BCUT2D eigenvalue weighted by molar-refractivity contribution is 6.07. The van der Waals surface area contributed by atoms with Crippen LogP contribution >= 0.6 is 0 Å². The molecule has 3 aromatic rings. The van der Waals surface area contributed by atoms with Gasteiger partial charge in [0.05, 0.1) is 29.0 Å². The van der Waals surface area contributed by atoms with Gasteiger partial charge in [0.25, 0.3) is 5.91 Å². The first-order valence-corrected chi connectivity index (χ1v) is 8.58. The SMILES string of the molecule is CC1=C(C(=O)Nc2ccc3[nH]ncc3c2)C(c2cccc(NO)c2)NC(=O)N1. The molecule has 142 valence electrons. The first kappa shape index (κ1) is 17.6. The molecule has 6 N–H and O–H groups in total. The lowest BCUT2D eigenvalue weighted by Crippen LogP contribution is -2.46. The van der Waals surface area contributed by atoms with E-state index in [0.717, 1.165) is 10.9 Å². The van der Waals surface area contributed by atoms with Gasteiger partial charge in [-0.3, -0.25) is 20.6 Å². The number of urea groups is 1. The van der Waals surface area contributed by atoms with E-state index < -0.39 is 12.1 Å². The van der Waals surface area contributed by atoms with Crippen LogP contribution in [0.5, 0.6) is 0 Å². The van der Waals surface area contributed by atoms with E-state index in [2.05, 4.69) is 31.6 Å². The van der Waals surface area contributed by atoms with Crippen LogP contribution in [0.3, 0.4) is 0 Å². The summed E-state index contributed by atoms with van der Waals surface area (Å²) in [5.74, 6) is -0.347. The number of aromatic amines is 1. The molecule has 9 nitrogen and oxygen atoms in total. The van der Waals surface area contributed by atoms with Crippen molar-refractivity contribution in [1.29, 1.82) is 0 Å². The number of anilines is 2. The zero-order chi connectivity index (χ0) is 19.7. The van der Waals surface area contributed by atoms with Crippen molar-refractivity contribution in [2.75, 3.05) is 10.8 Å². The Bertz CT molecular complexity index is 1100. The fraction of sp³-hybridized carbons (Fsp3) is 0.105. The van der Waals surface area contributed by atoms with Crippen LogP contribution in [0.4, 0.5) is 16.2 Å². The maximum atomic E-state index is 13.0. The largest absolute Gasteiger partial charge is 0.327 e. The highest BCUT2D eigenvalue weighted by Gasteiger charge is 2.31. The van der Waals surface area contributed by atoms with Crippen LogP contribution < -0.4 is 21.4 Å². The molecule has 3 amide bonds. The van der Waals surface area contributed by atoms with Crippen LogP contribution in [0.25, 0.3) is 10.9 Å². The van der Waals surface area contributed by atoms with Crippen LogP contribution in [0.1, 0.15) is 18.5 Å². The van der Waals surface area contributed by atoms with Crippen LogP contribution in [0.15, 0.2) is 59.9 Å². The van der Waals surface area contributed by atoms with Gasteiger partial charge in [-0.05, 0) is 42.8 Å². The number of allylic oxidation sites excluding steroid dienone is 1. The minimum absolute atomic E-state index is 0.347. The van der Waals surface area contributed by atoms with Gasteiger partial charge >= 0.3 is 6.03 Å². The third kappa shape index (κ3) is 3.26. The number of amides is 3. The van der Waals surface area contributed by atoms with E-state index >= 15 is 0 Å². The normalized spacial score (nSPS) is 16.5. The Morgan fingerprint density at radius 1 is 1.18 bits per heavy atom. The zero-order valence-corrected chi connectivity index (χ0v) is 14.9. The van der Waals surface area contributed by atoms with E-state index in [1.807, 2.05) is 12.1 Å². The van der Waals surface area contributed by atoms with Crippen LogP contribution in [0, 0.1) is 0 Å². The predicted molar refractivity (Wildman–Crippen MR) is 104 cm³/mol. The Labute approximate surface area is 159 Å². The Morgan fingerprint density at radius 3 is 2.86 bits per heavy atom. The molecule has 2 aromatic carbocycles. The van der Waals surface area contributed by atoms with Crippen molar-refractivity contribution in [1.82, 2.24) is 20.8 Å². The lowest BCUT2D eigenvalue weighted by Gasteiger charge is -2.29. The van der Waals surface area contributed by atoms with Crippen molar-refractivity contribution in [2.24, 2.45) is 0 Å². The highest BCUT2D eigenvalue weighted by Crippen LogP contribution is 2.29. The van der Waals surface area contributed by atoms with E-state index in [-0.39, 0.29) is 5.91 Å². The minimum Gasteiger partial charge on any atom is -0.327 e. The molecule has 1 atom stereocenters. The molecule has 2 heterocycles. The van der Waals surface area contributed by atoms with Gasteiger partial charge in [-0.25, -0.2) is 4.79 Å². The number of rotatable bonds is 4. The maximum absolute atomic E-state index is 13.0. The molecule has 0 fully saturated rings. The lowest BCUT2D eigenvalue weighted by molar-refractivity contribution is -0.113. The quantitative estimate of drug-likeness (QED) is 0.389. The average molecular weight is 378 g/mol. The van der Waals surface area contributed by atoms with Gasteiger partial charge in [-0.1, -0.05) is 12.1 Å². The first-order valence-electron chi connectivity index (χ1n) is 8.58.